The number of aryl methyl sites for hydroxylation is 1. The van der Waals surface area contributed by atoms with E-state index in [1.807, 2.05) is 17.9 Å². The fourth-order valence-electron chi connectivity index (χ4n) is 3.90. The van der Waals surface area contributed by atoms with E-state index in [1.165, 1.54) is 16.7 Å². The van der Waals surface area contributed by atoms with E-state index >= 15 is 0 Å². The number of rotatable bonds is 2. The lowest BCUT2D eigenvalue weighted by atomic mass is 9.99. The summed E-state index contributed by atoms with van der Waals surface area (Å²) in [6.45, 7) is 5.37. The molecule has 1 unspecified atom stereocenters. The fourth-order valence-corrected chi connectivity index (χ4v) is 3.90. The third-order valence-corrected chi connectivity index (χ3v) is 5.41. The Hall–Kier alpha value is -2.07. The lowest BCUT2D eigenvalue weighted by molar-refractivity contribution is -0.137. The molecule has 1 atom stereocenters. The molecule has 4 heteroatoms. The van der Waals surface area contributed by atoms with Gasteiger partial charge in [0, 0.05) is 31.6 Å². The van der Waals surface area contributed by atoms with E-state index in [2.05, 4.69) is 29.2 Å². The van der Waals surface area contributed by atoms with E-state index < -0.39 is 0 Å². The zero-order valence-electron chi connectivity index (χ0n) is 14.2. The summed E-state index contributed by atoms with van der Waals surface area (Å²) in [6, 6.07) is 10.4. The molecular formula is C20H24N2O2. The molecule has 4 rings (SSSR count). The Morgan fingerprint density at radius 1 is 1.04 bits per heavy atom. The van der Waals surface area contributed by atoms with E-state index in [0.717, 1.165) is 51.2 Å². The van der Waals surface area contributed by atoms with Gasteiger partial charge in [-0.3, -0.25) is 9.69 Å². The maximum Gasteiger partial charge on any atom is 0.239 e. The zero-order valence-corrected chi connectivity index (χ0v) is 14.2. The smallest absolute Gasteiger partial charge is 0.239 e. The van der Waals surface area contributed by atoms with Gasteiger partial charge in [-0.25, -0.2) is 0 Å². The molecule has 1 aromatic heterocycles. The van der Waals surface area contributed by atoms with Crippen molar-refractivity contribution in [2.24, 2.45) is 0 Å². The van der Waals surface area contributed by atoms with Crippen LogP contribution in [0.25, 0.3) is 0 Å². The van der Waals surface area contributed by atoms with Crippen LogP contribution in [-0.2, 0) is 30.7 Å². The van der Waals surface area contributed by atoms with E-state index in [0.29, 0.717) is 0 Å². The summed E-state index contributed by atoms with van der Waals surface area (Å²) >= 11 is 0. The summed E-state index contributed by atoms with van der Waals surface area (Å²) in [7, 11) is 0. The first-order chi connectivity index (χ1) is 11.7. The molecule has 0 saturated heterocycles. The Labute approximate surface area is 143 Å². The van der Waals surface area contributed by atoms with Crippen molar-refractivity contribution < 1.29 is 9.21 Å². The number of carbonyl (C=O) groups is 1. The fraction of sp³-hybridized carbons (Fsp3) is 0.450. The van der Waals surface area contributed by atoms with Crippen LogP contribution in [-0.4, -0.2) is 34.8 Å². The van der Waals surface area contributed by atoms with Gasteiger partial charge >= 0.3 is 0 Å². The Bertz CT molecular complexity index is 737. The summed E-state index contributed by atoms with van der Waals surface area (Å²) in [5.41, 5.74) is 3.90. The van der Waals surface area contributed by atoms with Crippen LogP contribution in [0.5, 0.6) is 0 Å². The maximum atomic E-state index is 13.0. The number of nitrogens with zero attached hydrogens (tertiary/aromatic N) is 2. The monoisotopic (exact) mass is 324 g/mol. The molecule has 1 aromatic carbocycles. The van der Waals surface area contributed by atoms with Crippen LogP contribution in [0.3, 0.4) is 0 Å². The largest absolute Gasteiger partial charge is 0.469 e. The number of fused-ring (bicyclic) bond motifs is 2. The molecular weight excluding hydrogens is 300 g/mol. The van der Waals surface area contributed by atoms with Crippen molar-refractivity contribution in [1.29, 1.82) is 0 Å². The van der Waals surface area contributed by atoms with Gasteiger partial charge in [0.15, 0.2) is 0 Å². The first kappa shape index (κ1) is 15.5. The molecule has 2 aromatic rings. The topological polar surface area (TPSA) is 36.7 Å². The average molecular weight is 324 g/mol. The second-order valence-corrected chi connectivity index (χ2v) is 6.90. The molecule has 2 aliphatic rings. The van der Waals surface area contributed by atoms with E-state index in [9.17, 15) is 4.79 Å². The molecule has 0 radical (unpaired) electrons. The van der Waals surface area contributed by atoms with Gasteiger partial charge in [-0.2, -0.15) is 0 Å². The summed E-state index contributed by atoms with van der Waals surface area (Å²) in [4.78, 5) is 17.3. The van der Waals surface area contributed by atoms with Crippen LogP contribution in [0.4, 0.5) is 0 Å². The van der Waals surface area contributed by atoms with Crippen LogP contribution in [0.2, 0.25) is 0 Å². The number of carbonyl (C=O) groups excluding carboxylic acids is 1. The van der Waals surface area contributed by atoms with Gasteiger partial charge < -0.3 is 9.32 Å². The predicted molar refractivity (Wildman–Crippen MR) is 92.5 cm³/mol. The minimum absolute atomic E-state index is 0.0869. The van der Waals surface area contributed by atoms with Crippen molar-refractivity contribution in [1.82, 2.24) is 9.80 Å². The molecule has 3 heterocycles. The van der Waals surface area contributed by atoms with Crippen molar-refractivity contribution >= 4 is 5.91 Å². The molecule has 4 nitrogen and oxygen atoms in total. The van der Waals surface area contributed by atoms with Crippen molar-refractivity contribution in [3.63, 3.8) is 0 Å². The van der Waals surface area contributed by atoms with E-state index in [-0.39, 0.29) is 11.9 Å². The van der Waals surface area contributed by atoms with Crippen molar-refractivity contribution in [2.75, 3.05) is 13.1 Å². The third-order valence-electron chi connectivity index (χ3n) is 5.41. The van der Waals surface area contributed by atoms with Gasteiger partial charge in [0.1, 0.15) is 5.76 Å². The normalized spacial score (nSPS) is 19.3. The van der Waals surface area contributed by atoms with Gasteiger partial charge in [0.25, 0.3) is 0 Å². The van der Waals surface area contributed by atoms with Crippen molar-refractivity contribution in [3.8, 4) is 0 Å². The van der Waals surface area contributed by atoms with Gasteiger partial charge in [0.2, 0.25) is 5.91 Å². The highest BCUT2D eigenvalue weighted by Crippen LogP contribution is 2.23. The maximum absolute atomic E-state index is 13.0. The highest BCUT2D eigenvalue weighted by Gasteiger charge is 2.30. The van der Waals surface area contributed by atoms with Crippen LogP contribution >= 0.6 is 0 Å². The first-order valence-electron chi connectivity index (χ1n) is 8.87. The Morgan fingerprint density at radius 2 is 1.88 bits per heavy atom. The average Bonchev–Trinajstić information content (AvgIpc) is 2.96. The third kappa shape index (κ3) is 2.86. The standard InChI is InChI=1S/C20H24N2O2/c1-15(21-10-4-7-19-18(14-21)9-12-24-19)20(23)22-11-8-16-5-2-3-6-17(16)13-22/h2-3,5-6,9,12,15H,4,7-8,10-11,13-14H2,1H3. The number of hydrogen-bond donors (Lipinski definition) is 0. The van der Waals surface area contributed by atoms with Crippen LogP contribution < -0.4 is 0 Å². The lowest BCUT2D eigenvalue weighted by Crippen LogP contribution is -2.48. The highest BCUT2D eigenvalue weighted by molar-refractivity contribution is 5.81. The number of hydrogen-bond acceptors (Lipinski definition) is 3. The Balaban J connectivity index is 1.47. The number of furan rings is 1. The SMILES string of the molecule is CC(C(=O)N1CCc2ccccc2C1)N1CCCc2occc2C1. The molecule has 0 spiro atoms. The van der Waals surface area contributed by atoms with E-state index in [1.54, 1.807) is 6.26 Å². The molecule has 24 heavy (non-hydrogen) atoms. The number of benzene rings is 1. The van der Waals surface area contributed by atoms with Gasteiger partial charge in [-0.15, -0.1) is 0 Å². The second kappa shape index (κ2) is 6.44. The lowest BCUT2D eigenvalue weighted by Gasteiger charge is -2.34. The summed E-state index contributed by atoms with van der Waals surface area (Å²) in [5.74, 6) is 1.33. The zero-order chi connectivity index (χ0) is 16.5. The molecule has 0 fully saturated rings. The molecule has 0 bridgehead atoms. The number of amides is 1. The van der Waals surface area contributed by atoms with Gasteiger partial charge in [0.05, 0.1) is 12.3 Å². The summed E-state index contributed by atoms with van der Waals surface area (Å²) in [6.07, 6.45) is 4.74. The van der Waals surface area contributed by atoms with Crippen LogP contribution in [0.15, 0.2) is 41.0 Å². The van der Waals surface area contributed by atoms with Crippen LogP contribution in [0, 0.1) is 0 Å². The Kier molecular flexibility index (Phi) is 4.15. The first-order valence-corrected chi connectivity index (χ1v) is 8.87. The highest BCUT2D eigenvalue weighted by atomic mass is 16.3. The minimum Gasteiger partial charge on any atom is -0.469 e. The molecule has 0 N–H and O–H groups in total. The molecule has 2 aliphatic heterocycles. The van der Waals surface area contributed by atoms with Gasteiger partial charge in [-0.05, 0) is 43.5 Å². The molecule has 126 valence electrons. The molecule has 0 saturated carbocycles. The van der Waals surface area contributed by atoms with E-state index in [4.69, 9.17) is 4.42 Å². The van der Waals surface area contributed by atoms with Crippen molar-refractivity contribution in [3.05, 3.63) is 59.0 Å². The predicted octanol–water partition coefficient (Wildman–Crippen LogP) is 3.00. The van der Waals surface area contributed by atoms with Gasteiger partial charge in [-0.1, -0.05) is 24.3 Å². The molecule has 0 aliphatic carbocycles. The van der Waals surface area contributed by atoms with Crippen LogP contribution in [0.1, 0.15) is 35.8 Å². The summed E-state index contributed by atoms with van der Waals surface area (Å²) < 4.78 is 5.56. The summed E-state index contributed by atoms with van der Waals surface area (Å²) in [5, 5.41) is 0. The quantitative estimate of drug-likeness (QED) is 0.852. The second-order valence-electron chi connectivity index (χ2n) is 6.90. The Morgan fingerprint density at radius 3 is 2.75 bits per heavy atom. The minimum atomic E-state index is -0.0869. The molecule has 1 amide bonds. The van der Waals surface area contributed by atoms with Crippen molar-refractivity contribution in [2.45, 2.75) is 45.3 Å².